The van der Waals surface area contributed by atoms with Crippen LogP contribution in [0.4, 0.5) is 4.79 Å². The number of rotatable bonds is 1. The Bertz CT molecular complexity index is 574. The summed E-state index contributed by atoms with van der Waals surface area (Å²) < 4.78 is 7.08. The molecule has 116 valence electrons. The van der Waals surface area contributed by atoms with Gasteiger partial charge in [-0.3, -0.25) is 9.78 Å². The molecule has 0 radical (unpaired) electrons. The highest BCUT2D eigenvalue weighted by Gasteiger charge is 2.28. The molecule has 1 saturated heterocycles. The molecule has 6 nitrogen and oxygen atoms in total. The van der Waals surface area contributed by atoms with E-state index < -0.39 is 5.60 Å². The third-order valence-electron chi connectivity index (χ3n) is 3.48. The van der Waals surface area contributed by atoms with Crippen molar-refractivity contribution in [1.29, 1.82) is 0 Å². The van der Waals surface area contributed by atoms with E-state index in [0.717, 1.165) is 12.8 Å². The fourth-order valence-corrected chi connectivity index (χ4v) is 2.49. The average Bonchev–Trinajstić information content (AvgIpc) is 2.40. The minimum Gasteiger partial charge on any atom is -0.444 e. The van der Waals surface area contributed by atoms with Crippen LogP contribution in [0.1, 0.15) is 45.3 Å². The van der Waals surface area contributed by atoms with Gasteiger partial charge in [-0.05, 0) is 40.5 Å². The van der Waals surface area contributed by atoms with Gasteiger partial charge in [-0.15, -0.1) is 0 Å². The van der Waals surface area contributed by atoms with Crippen molar-refractivity contribution in [2.75, 3.05) is 13.1 Å². The van der Waals surface area contributed by atoms with E-state index >= 15 is 0 Å². The van der Waals surface area contributed by atoms with Crippen LogP contribution in [-0.4, -0.2) is 39.2 Å². The minimum atomic E-state index is -0.506. The number of aryl methyl sites for hydroxylation is 1. The van der Waals surface area contributed by atoms with Crippen molar-refractivity contribution in [3.63, 3.8) is 0 Å². The van der Waals surface area contributed by atoms with Gasteiger partial charge in [-0.25, -0.2) is 4.79 Å². The van der Waals surface area contributed by atoms with Gasteiger partial charge in [0, 0.05) is 25.5 Å². The monoisotopic (exact) mass is 293 g/mol. The molecule has 2 rings (SSSR count). The van der Waals surface area contributed by atoms with E-state index in [1.165, 1.54) is 0 Å². The Labute approximate surface area is 124 Å². The topological polar surface area (TPSA) is 64.4 Å². The number of aromatic nitrogens is 2. The van der Waals surface area contributed by atoms with Crippen LogP contribution in [0, 0.1) is 6.92 Å². The lowest BCUT2D eigenvalue weighted by Crippen LogP contribution is -2.45. The highest BCUT2D eigenvalue weighted by atomic mass is 16.6. The van der Waals surface area contributed by atoms with Crippen molar-refractivity contribution in [1.82, 2.24) is 14.5 Å². The van der Waals surface area contributed by atoms with E-state index in [1.807, 2.05) is 20.8 Å². The standard InChI is InChI=1S/C15H23N3O3/c1-11-13(19)18(9-7-16-11)12-6-5-8-17(10-12)14(20)21-15(2,3)4/h7,9,12H,5-6,8,10H2,1-4H3. The summed E-state index contributed by atoms with van der Waals surface area (Å²) in [6.07, 6.45) is 4.74. The molecule has 0 spiro atoms. The van der Waals surface area contributed by atoms with E-state index in [9.17, 15) is 9.59 Å². The second kappa shape index (κ2) is 5.87. The number of ether oxygens (including phenoxy) is 1. The Morgan fingerprint density at radius 3 is 2.81 bits per heavy atom. The van der Waals surface area contributed by atoms with Crippen LogP contribution in [0.15, 0.2) is 17.2 Å². The molecule has 1 aliphatic rings. The number of hydrogen-bond acceptors (Lipinski definition) is 4. The van der Waals surface area contributed by atoms with Crippen LogP contribution in [0.25, 0.3) is 0 Å². The summed E-state index contributed by atoms with van der Waals surface area (Å²) in [5.41, 5.74) is -0.117. The molecule has 1 atom stereocenters. The third kappa shape index (κ3) is 3.83. The van der Waals surface area contributed by atoms with Gasteiger partial charge in [0.05, 0.1) is 6.04 Å². The lowest BCUT2D eigenvalue weighted by molar-refractivity contribution is 0.0171. The first-order valence-corrected chi connectivity index (χ1v) is 7.29. The second-order valence-electron chi connectivity index (χ2n) is 6.45. The summed E-state index contributed by atoms with van der Waals surface area (Å²) in [7, 11) is 0. The number of carbonyl (C=O) groups excluding carboxylic acids is 1. The van der Waals surface area contributed by atoms with Crippen LogP contribution in [-0.2, 0) is 4.74 Å². The third-order valence-corrected chi connectivity index (χ3v) is 3.48. The van der Waals surface area contributed by atoms with E-state index in [0.29, 0.717) is 18.8 Å². The Morgan fingerprint density at radius 2 is 2.14 bits per heavy atom. The second-order valence-corrected chi connectivity index (χ2v) is 6.45. The van der Waals surface area contributed by atoms with Crippen molar-refractivity contribution >= 4 is 6.09 Å². The summed E-state index contributed by atoms with van der Waals surface area (Å²) in [4.78, 5) is 30.0. The normalized spacial score (nSPS) is 19.4. The van der Waals surface area contributed by atoms with Crippen molar-refractivity contribution in [2.24, 2.45) is 0 Å². The first kappa shape index (κ1) is 15.5. The maximum Gasteiger partial charge on any atom is 0.410 e. The van der Waals surface area contributed by atoms with Crippen molar-refractivity contribution in [2.45, 2.75) is 52.2 Å². The molecule has 21 heavy (non-hydrogen) atoms. The Balaban J connectivity index is 2.12. The smallest absolute Gasteiger partial charge is 0.410 e. The molecule has 2 heterocycles. The van der Waals surface area contributed by atoms with Gasteiger partial charge < -0.3 is 14.2 Å². The number of amides is 1. The number of nitrogens with zero attached hydrogens (tertiary/aromatic N) is 3. The molecule has 1 aromatic heterocycles. The SMILES string of the molecule is Cc1nccn(C2CCCN(C(=O)OC(C)(C)C)C2)c1=O. The van der Waals surface area contributed by atoms with Crippen LogP contribution >= 0.6 is 0 Å². The first-order chi connectivity index (χ1) is 9.78. The van der Waals surface area contributed by atoms with E-state index in [2.05, 4.69) is 4.98 Å². The summed E-state index contributed by atoms with van der Waals surface area (Å²) in [5, 5.41) is 0. The predicted octanol–water partition coefficient (Wildman–Crippen LogP) is 2.12. The molecule has 1 amide bonds. The lowest BCUT2D eigenvalue weighted by Gasteiger charge is -2.34. The van der Waals surface area contributed by atoms with Crippen molar-refractivity contribution in [3.8, 4) is 0 Å². The summed E-state index contributed by atoms with van der Waals surface area (Å²) >= 11 is 0. The largest absolute Gasteiger partial charge is 0.444 e. The molecule has 0 aliphatic carbocycles. The van der Waals surface area contributed by atoms with Crippen LogP contribution < -0.4 is 5.56 Å². The number of hydrogen-bond donors (Lipinski definition) is 0. The maximum absolute atomic E-state index is 12.1. The molecule has 1 unspecified atom stereocenters. The highest BCUT2D eigenvalue weighted by Crippen LogP contribution is 2.22. The zero-order valence-electron chi connectivity index (χ0n) is 13.1. The van der Waals surface area contributed by atoms with Crippen LogP contribution in [0.5, 0.6) is 0 Å². The minimum absolute atomic E-state index is 0.0135. The molecule has 0 aromatic carbocycles. The fraction of sp³-hybridized carbons (Fsp3) is 0.667. The molecule has 0 saturated carbocycles. The summed E-state index contributed by atoms with van der Waals surface area (Å²) in [6.45, 7) is 8.42. The summed E-state index contributed by atoms with van der Waals surface area (Å²) in [5.74, 6) is 0. The van der Waals surface area contributed by atoms with E-state index in [4.69, 9.17) is 4.74 Å². The number of piperidine rings is 1. The quantitative estimate of drug-likeness (QED) is 0.795. The highest BCUT2D eigenvalue weighted by molar-refractivity contribution is 5.68. The Hall–Kier alpha value is -1.85. The van der Waals surface area contributed by atoms with Gasteiger partial charge in [0.15, 0.2) is 0 Å². The lowest BCUT2D eigenvalue weighted by atomic mass is 10.1. The van der Waals surface area contributed by atoms with Crippen molar-refractivity contribution < 1.29 is 9.53 Å². The van der Waals surface area contributed by atoms with Gasteiger partial charge in [-0.1, -0.05) is 0 Å². The zero-order valence-corrected chi connectivity index (χ0v) is 13.1. The van der Waals surface area contributed by atoms with E-state index in [-0.39, 0.29) is 17.7 Å². The Morgan fingerprint density at radius 1 is 1.43 bits per heavy atom. The number of likely N-dealkylation sites (tertiary alicyclic amines) is 1. The molecule has 6 heteroatoms. The van der Waals surface area contributed by atoms with E-state index in [1.54, 1.807) is 28.8 Å². The summed E-state index contributed by atoms with van der Waals surface area (Å²) in [6, 6.07) is -0.0135. The Kier molecular flexibility index (Phi) is 4.34. The van der Waals surface area contributed by atoms with Crippen LogP contribution in [0.2, 0.25) is 0 Å². The van der Waals surface area contributed by atoms with Gasteiger partial charge >= 0.3 is 6.09 Å². The van der Waals surface area contributed by atoms with Gasteiger partial charge in [0.2, 0.25) is 0 Å². The molecular formula is C15H23N3O3. The van der Waals surface area contributed by atoms with Gasteiger partial charge in [0.25, 0.3) is 5.56 Å². The average molecular weight is 293 g/mol. The van der Waals surface area contributed by atoms with Gasteiger partial charge in [-0.2, -0.15) is 0 Å². The first-order valence-electron chi connectivity index (χ1n) is 7.29. The molecule has 0 N–H and O–H groups in total. The molecule has 1 fully saturated rings. The molecule has 1 aromatic rings. The van der Waals surface area contributed by atoms with Crippen molar-refractivity contribution in [3.05, 3.63) is 28.4 Å². The van der Waals surface area contributed by atoms with Crippen LogP contribution in [0.3, 0.4) is 0 Å². The molecular weight excluding hydrogens is 270 g/mol. The molecule has 1 aliphatic heterocycles. The number of carbonyl (C=O) groups is 1. The maximum atomic E-state index is 12.1. The molecule has 0 bridgehead atoms. The fourth-order valence-electron chi connectivity index (χ4n) is 2.49. The zero-order chi connectivity index (χ0) is 15.6. The predicted molar refractivity (Wildman–Crippen MR) is 79.3 cm³/mol. The van der Waals surface area contributed by atoms with Gasteiger partial charge in [0.1, 0.15) is 11.3 Å².